The number of aryl methyl sites for hydroxylation is 1. The lowest BCUT2D eigenvalue weighted by Crippen LogP contribution is -2.24. The van der Waals surface area contributed by atoms with Gasteiger partial charge in [-0.3, -0.25) is 14.5 Å². The fourth-order valence-corrected chi connectivity index (χ4v) is 5.03. The fourth-order valence-electron chi connectivity index (χ4n) is 5.03. The van der Waals surface area contributed by atoms with Crippen molar-refractivity contribution in [2.45, 2.75) is 50.5 Å². The Balaban J connectivity index is 1.31. The van der Waals surface area contributed by atoms with Gasteiger partial charge in [0, 0.05) is 49.0 Å². The minimum atomic E-state index is -0.360. The van der Waals surface area contributed by atoms with Crippen molar-refractivity contribution in [2.75, 3.05) is 23.3 Å². The number of aliphatic hydroxyl groups excluding tert-OH is 1. The van der Waals surface area contributed by atoms with E-state index in [1.165, 1.54) is 12.8 Å². The lowest BCUT2D eigenvalue weighted by atomic mass is 10.0. The predicted molar refractivity (Wildman–Crippen MR) is 137 cm³/mol. The molecular formula is C27H30N6O2. The second kappa shape index (κ2) is 8.92. The Bertz CT molecular complexity index is 1350. The minimum Gasteiger partial charge on any atom is -0.391 e. The first-order chi connectivity index (χ1) is 17.0. The van der Waals surface area contributed by atoms with E-state index >= 15 is 0 Å². The van der Waals surface area contributed by atoms with Crippen LogP contribution in [0.2, 0.25) is 0 Å². The van der Waals surface area contributed by atoms with Gasteiger partial charge in [-0.05, 0) is 68.4 Å². The van der Waals surface area contributed by atoms with Crippen LogP contribution in [0.25, 0.3) is 10.9 Å². The SMILES string of the molecule is Cn1ncc2cc(N3CC[C@H](O)C3)c(NC(=O)C3=CCCCC(c4ccnc(C5CC5)c4)=N3)cc21. The summed E-state index contributed by atoms with van der Waals surface area (Å²) in [6.45, 7) is 1.29. The molecule has 8 nitrogen and oxygen atoms in total. The van der Waals surface area contributed by atoms with Crippen LogP contribution in [0.15, 0.2) is 53.4 Å². The standard InChI is InChI=1S/C27H30N6O2/c1-32-25-14-24(26(13-19(25)15-29-32)33-11-9-20(34)16-33)31-27(35)22-5-3-2-4-21(30-22)18-8-10-28-23(12-18)17-6-7-17/h5,8,10,12-15,17,20,34H,2-4,6-7,9,11,16H2,1H3,(H,31,35)/t20-/m0/s1. The summed E-state index contributed by atoms with van der Waals surface area (Å²) >= 11 is 0. The Morgan fingerprint density at radius 1 is 1.20 bits per heavy atom. The first-order valence-corrected chi connectivity index (χ1v) is 12.5. The zero-order valence-electron chi connectivity index (χ0n) is 19.9. The second-order valence-electron chi connectivity index (χ2n) is 9.82. The van der Waals surface area contributed by atoms with Crippen LogP contribution in [0.3, 0.4) is 0 Å². The number of pyridine rings is 1. The Labute approximate surface area is 204 Å². The summed E-state index contributed by atoms with van der Waals surface area (Å²) in [5.74, 6) is 0.354. The average Bonchev–Trinajstić information content (AvgIpc) is 3.60. The zero-order valence-corrected chi connectivity index (χ0v) is 19.9. The number of β-amino-alcohol motifs (C(OH)–C–C–N with tert-alkyl or cyclic N) is 1. The Morgan fingerprint density at radius 3 is 2.89 bits per heavy atom. The zero-order chi connectivity index (χ0) is 23.9. The number of anilines is 2. The number of aliphatic hydroxyl groups is 1. The molecule has 0 bridgehead atoms. The highest BCUT2D eigenvalue weighted by Gasteiger charge is 2.26. The monoisotopic (exact) mass is 470 g/mol. The number of carbonyl (C=O) groups excluding carboxylic acids is 1. The number of hydrogen-bond donors (Lipinski definition) is 2. The van der Waals surface area contributed by atoms with Crippen molar-refractivity contribution >= 4 is 33.9 Å². The smallest absolute Gasteiger partial charge is 0.273 e. The van der Waals surface area contributed by atoms with Gasteiger partial charge in [-0.15, -0.1) is 0 Å². The van der Waals surface area contributed by atoms with Gasteiger partial charge in [-0.2, -0.15) is 5.10 Å². The van der Waals surface area contributed by atoms with Crippen LogP contribution < -0.4 is 10.2 Å². The molecule has 0 unspecified atom stereocenters. The number of nitrogens with one attached hydrogen (secondary N) is 1. The van der Waals surface area contributed by atoms with E-state index in [9.17, 15) is 9.90 Å². The third-order valence-electron chi connectivity index (χ3n) is 7.17. The fraction of sp³-hybridized carbons (Fsp3) is 0.407. The number of carbonyl (C=O) groups is 1. The van der Waals surface area contributed by atoms with Crippen LogP contribution >= 0.6 is 0 Å². The Morgan fingerprint density at radius 2 is 2.09 bits per heavy atom. The molecule has 1 saturated carbocycles. The highest BCUT2D eigenvalue weighted by atomic mass is 16.3. The molecule has 1 atom stereocenters. The van der Waals surface area contributed by atoms with Crippen molar-refractivity contribution in [3.05, 3.63) is 59.7 Å². The van der Waals surface area contributed by atoms with Gasteiger partial charge >= 0.3 is 0 Å². The molecule has 2 aliphatic heterocycles. The summed E-state index contributed by atoms with van der Waals surface area (Å²) in [6.07, 6.45) is 11.0. The largest absolute Gasteiger partial charge is 0.391 e. The third-order valence-corrected chi connectivity index (χ3v) is 7.17. The van der Waals surface area contributed by atoms with E-state index in [-0.39, 0.29) is 12.0 Å². The highest BCUT2D eigenvalue weighted by molar-refractivity contribution is 6.10. The predicted octanol–water partition coefficient (Wildman–Crippen LogP) is 3.91. The highest BCUT2D eigenvalue weighted by Crippen LogP contribution is 2.39. The first-order valence-electron chi connectivity index (χ1n) is 12.5. The summed E-state index contributed by atoms with van der Waals surface area (Å²) in [6, 6.07) is 8.15. The summed E-state index contributed by atoms with van der Waals surface area (Å²) < 4.78 is 1.80. The average molecular weight is 471 g/mol. The van der Waals surface area contributed by atoms with Crippen molar-refractivity contribution < 1.29 is 9.90 Å². The van der Waals surface area contributed by atoms with Gasteiger partial charge in [-0.1, -0.05) is 6.08 Å². The molecule has 0 radical (unpaired) electrons. The molecule has 2 aromatic heterocycles. The van der Waals surface area contributed by atoms with Crippen molar-refractivity contribution in [3.63, 3.8) is 0 Å². The number of benzene rings is 1. The summed E-state index contributed by atoms with van der Waals surface area (Å²) in [4.78, 5) is 25.0. The Hall–Kier alpha value is -3.52. The van der Waals surface area contributed by atoms with Gasteiger partial charge < -0.3 is 15.3 Å². The molecule has 0 spiro atoms. The number of fused-ring (bicyclic) bond motifs is 1. The van der Waals surface area contributed by atoms with Gasteiger partial charge in [-0.25, -0.2) is 4.99 Å². The van der Waals surface area contributed by atoms with Gasteiger partial charge in [0.1, 0.15) is 5.70 Å². The van der Waals surface area contributed by atoms with E-state index in [0.29, 0.717) is 30.3 Å². The molecule has 2 fully saturated rings. The van der Waals surface area contributed by atoms with Crippen molar-refractivity contribution in [2.24, 2.45) is 12.0 Å². The van der Waals surface area contributed by atoms with Gasteiger partial charge in [0.25, 0.3) is 5.91 Å². The normalized spacial score (nSPS) is 20.5. The number of aliphatic imine (C=N–C) groups is 1. The number of aromatic nitrogens is 3. The van der Waals surface area contributed by atoms with E-state index in [2.05, 4.69) is 26.4 Å². The van der Waals surface area contributed by atoms with Crippen LogP contribution in [0.4, 0.5) is 11.4 Å². The van der Waals surface area contributed by atoms with E-state index in [1.54, 1.807) is 4.68 Å². The van der Waals surface area contributed by atoms with Crippen LogP contribution in [-0.2, 0) is 11.8 Å². The van der Waals surface area contributed by atoms with Crippen LogP contribution in [0, 0.1) is 0 Å². The quantitative estimate of drug-likeness (QED) is 0.589. The summed E-state index contributed by atoms with van der Waals surface area (Å²) in [5, 5.41) is 18.6. The molecule has 1 saturated heterocycles. The van der Waals surface area contributed by atoms with Gasteiger partial charge in [0.2, 0.25) is 0 Å². The van der Waals surface area contributed by atoms with Crippen molar-refractivity contribution in [1.29, 1.82) is 0 Å². The second-order valence-corrected chi connectivity index (χ2v) is 9.82. The molecule has 35 heavy (non-hydrogen) atoms. The molecule has 3 aromatic rings. The summed E-state index contributed by atoms with van der Waals surface area (Å²) in [7, 11) is 1.89. The molecule has 2 N–H and O–H groups in total. The maximum absolute atomic E-state index is 13.5. The first kappa shape index (κ1) is 22.0. The van der Waals surface area contributed by atoms with Crippen LogP contribution in [0.5, 0.6) is 0 Å². The molecule has 1 aromatic carbocycles. The topological polar surface area (TPSA) is 95.6 Å². The van der Waals surface area contributed by atoms with Crippen molar-refractivity contribution in [1.82, 2.24) is 14.8 Å². The summed E-state index contributed by atoms with van der Waals surface area (Å²) in [5.41, 5.74) is 6.13. The number of allylic oxidation sites excluding steroid dienone is 1. The van der Waals surface area contributed by atoms with E-state index in [0.717, 1.165) is 59.4 Å². The molecular weight excluding hydrogens is 440 g/mol. The molecule has 6 rings (SSSR count). The molecule has 8 heteroatoms. The molecule has 1 amide bonds. The van der Waals surface area contributed by atoms with Crippen LogP contribution in [0.1, 0.15) is 55.7 Å². The number of rotatable bonds is 5. The van der Waals surface area contributed by atoms with Gasteiger partial charge in [0.05, 0.1) is 29.2 Å². The molecule has 1 aliphatic carbocycles. The lowest BCUT2D eigenvalue weighted by Gasteiger charge is -2.22. The van der Waals surface area contributed by atoms with Crippen LogP contribution in [-0.4, -0.2) is 50.7 Å². The van der Waals surface area contributed by atoms with E-state index < -0.39 is 0 Å². The lowest BCUT2D eigenvalue weighted by molar-refractivity contribution is -0.112. The molecule has 4 heterocycles. The maximum Gasteiger partial charge on any atom is 0.273 e. The number of hydrogen-bond acceptors (Lipinski definition) is 6. The Kier molecular flexibility index (Phi) is 5.60. The van der Waals surface area contributed by atoms with E-state index in [4.69, 9.17) is 4.99 Å². The van der Waals surface area contributed by atoms with Gasteiger partial charge in [0.15, 0.2) is 0 Å². The number of nitrogens with zero attached hydrogens (tertiary/aromatic N) is 5. The molecule has 180 valence electrons. The van der Waals surface area contributed by atoms with E-state index in [1.807, 2.05) is 43.7 Å². The minimum absolute atomic E-state index is 0.219. The van der Waals surface area contributed by atoms with Crippen molar-refractivity contribution in [3.8, 4) is 0 Å². The third kappa shape index (κ3) is 4.46. The maximum atomic E-state index is 13.5. The number of amides is 1. The molecule has 3 aliphatic rings.